The number of amides is 2. The molecule has 0 unspecified atom stereocenters. The zero-order valence-electron chi connectivity index (χ0n) is 13.6. The summed E-state index contributed by atoms with van der Waals surface area (Å²) in [6, 6.07) is 5.27. The molecule has 0 aromatic carbocycles. The van der Waals surface area contributed by atoms with E-state index in [4.69, 9.17) is 10.00 Å². The molecule has 2 aliphatic rings. The van der Waals surface area contributed by atoms with Crippen molar-refractivity contribution in [1.29, 1.82) is 5.26 Å². The number of hydrogen-bond acceptors (Lipinski definition) is 5. The SMILES string of the molecule is CC(=O)N1CCC(C(=O)N2CC(Oc3cc(C#N)ccn3)C2)CC1. The smallest absolute Gasteiger partial charge is 0.226 e. The fourth-order valence-electron chi connectivity index (χ4n) is 3.11. The zero-order valence-corrected chi connectivity index (χ0v) is 13.6. The van der Waals surface area contributed by atoms with Crippen LogP contribution in [0.5, 0.6) is 5.88 Å². The summed E-state index contributed by atoms with van der Waals surface area (Å²) in [7, 11) is 0. The standard InChI is InChI=1S/C17H20N4O3/c1-12(22)20-6-3-14(4-7-20)17(23)21-10-15(11-21)24-16-8-13(9-18)2-5-19-16/h2,5,8,14-15H,3-4,6-7,10-11H2,1H3. The van der Waals surface area contributed by atoms with Crippen molar-refractivity contribution in [1.82, 2.24) is 14.8 Å². The summed E-state index contributed by atoms with van der Waals surface area (Å²) in [6.07, 6.45) is 2.92. The van der Waals surface area contributed by atoms with Gasteiger partial charge in [-0.3, -0.25) is 9.59 Å². The monoisotopic (exact) mass is 328 g/mol. The van der Waals surface area contributed by atoms with Gasteiger partial charge in [-0.1, -0.05) is 0 Å². The third-order valence-electron chi connectivity index (χ3n) is 4.60. The summed E-state index contributed by atoms with van der Waals surface area (Å²) in [5.74, 6) is 0.643. The molecular formula is C17H20N4O3. The summed E-state index contributed by atoms with van der Waals surface area (Å²) in [4.78, 5) is 31.5. The van der Waals surface area contributed by atoms with Crippen LogP contribution >= 0.6 is 0 Å². The molecule has 2 fully saturated rings. The molecule has 1 aromatic rings. The highest BCUT2D eigenvalue weighted by molar-refractivity contribution is 5.80. The molecule has 0 N–H and O–H groups in total. The molecule has 3 heterocycles. The predicted molar refractivity (Wildman–Crippen MR) is 84.9 cm³/mol. The third kappa shape index (κ3) is 3.48. The fraction of sp³-hybridized carbons (Fsp3) is 0.529. The third-order valence-corrected chi connectivity index (χ3v) is 4.60. The van der Waals surface area contributed by atoms with Gasteiger partial charge in [0.2, 0.25) is 17.7 Å². The van der Waals surface area contributed by atoms with Crippen LogP contribution in [0.4, 0.5) is 0 Å². The molecular weight excluding hydrogens is 308 g/mol. The van der Waals surface area contributed by atoms with Gasteiger partial charge in [-0.15, -0.1) is 0 Å². The predicted octanol–water partition coefficient (Wildman–Crippen LogP) is 0.801. The van der Waals surface area contributed by atoms with Crippen LogP contribution in [0.15, 0.2) is 18.3 Å². The number of aromatic nitrogens is 1. The van der Waals surface area contributed by atoms with Crippen molar-refractivity contribution in [2.75, 3.05) is 26.2 Å². The number of pyridine rings is 1. The first-order valence-electron chi connectivity index (χ1n) is 8.14. The van der Waals surface area contributed by atoms with Gasteiger partial charge in [0.05, 0.1) is 24.7 Å². The van der Waals surface area contributed by atoms with E-state index in [1.165, 1.54) is 6.20 Å². The first-order valence-corrected chi connectivity index (χ1v) is 8.14. The van der Waals surface area contributed by atoms with Crippen LogP contribution in [-0.4, -0.2) is 58.9 Å². The minimum Gasteiger partial charge on any atom is -0.471 e. The van der Waals surface area contributed by atoms with Crippen LogP contribution in [0.2, 0.25) is 0 Å². The summed E-state index contributed by atoms with van der Waals surface area (Å²) < 4.78 is 5.70. The molecule has 0 aliphatic carbocycles. The Balaban J connectivity index is 1.45. The Kier molecular flexibility index (Phi) is 4.65. The molecule has 3 rings (SSSR count). The van der Waals surface area contributed by atoms with E-state index in [0.717, 1.165) is 12.8 Å². The lowest BCUT2D eigenvalue weighted by Gasteiger charge is -2.41. The van der Waals surface area contributed by atoms with Gasteiger partial charge in [0.15, 0.2) is 0 Å². The average Bonchev–Trinajstić information content (AvgIpc) is 2.57. The lowest BCUT2D eigenvalue weighted by molar-refractivity contribution is -0.147. The first-order chi connectivity index (χ1) is 11.6. The van der Waals surface area contributed by atoms with Gasteiger partial charge < -0.3 is 14.5 Å². The fourth-order valence-corrected chi connectivity index (χ4v) is 3.11. The largest absolute Gasteiger partial charge is 0.471 e. The van der Waals surface area contributed by atoms with Crippen LogP contribution in [0.25, 0.3) is 0 Å². The van der Waals surface area contributed by atoms with E-state index in [2.05, 4.69) is 4.98 Å². The molecule has 0 radical (unpaired) electrons. The highest BCUT2D eigenvalue weighted by atomic mass is 16.5. The Labute approximate surface area is 140 Å². The average molecular weight is 328 g/mol. The van der Waals surface area contributed by atoms with E-state index < -0.39 is 0 Å². The minimum absolute atomic E-state index is 0.00147. The Morgan fingerprint density at radius 3 is 2.62 bits per heavy atom. The van der Waals surface area contributed by atoms with Crippen molar-refractivity contribution >= 4 is 11.8 Å². The molecule has 2 aliphatic heterocycles. The topological polar surface area (TPSA) is 86.5 Å². The maximum Gasteiger partial charge on any atom is 0.226 e. The number of ether oxygens (including phenoxy) is 1. The second-order valence-corrected chi connectivity index (χ2v) is 6.26. The van der Waals surface area contributed by atoms with Crippen LogP contribution < -0.4 is 4.74 Å². The number of nitrogens with zero attached hydrogens (tertiary/aromatic N) is 4. The number of likely N-dealkylation sites (tertiary alicyclic amines) is 2. The molecule has 7 nitrogen and oxygen atoms in total. The maximum atomic E-state index is 12.5. The first kappa shape index (κ1) is 16.2. The summed E-state index contributed by atoms with van der Waals surface area (Å²) >= 11 is 0. The Hall–Kier alpha value is -2.62. The van der Waals surface area contributed by atoms with Crippen molar-refractivity contribution in [3.05, 3.63) is 23.9 Å². The van der Waals surface area contributed by atoms with E-state index in [1.54, 1.807) is 28.9 Å². The summed E-state index contributed by atoms with van der Waals surface area (Å²) in [5, 5.41) is 8.87. The second kappa shape index (κ2) is 6.87. The van der Waals surface area contributed by atoms with Crippen molar-refractivity contribution in [2.24, 2.45) is 5.92 Å². The zero-order chi connectivity index (χ0) is 17.1. The number of nitriles is 1. The summed E-state index contributed by atoms with van der Waals surface area (Å²) in [6.45, 7) is 3.97. The maximum absolute atomic E-state index is 12.5. The molecule has 2 saturated heterocycles. The van der Waals surface area contributed by atoms with Crippen LogP contribution in [0.1, 0.15) is 25.3 Å². The number of piperidine rings is 1. The molecule has 2 amide bonds. The van der Waals surface area contributed by atoms with Gasteiger partial charge in [0.1, 0.15) is 6.10 Å². The molecule has 0 spiro atoms. The Bertz CT molecular complexity index is 671. The van der Waals surface area contributed by atoms with Crippen molar-refractivity contribution < 1.29 is 14.3 Å². The molecule has 24 heavy (non-hydrogen) atoms. The highest BCUT2D eigenvalue weighted by Gasteiger charge is 2.37. The number of hydrogen-bond donors (Lipinski definition) is 0. The molecule has 126 valence electrons. The lowest BCUT2D eigenvalue weighted by Crippen LogP contribution is -2.58. The normalized spacial score (nSPS) is 18.7. The summed E-state index contributed by atoms with van der Waals surface area (Å²) in [5.41, 5.74) is 0.504. The highest BCUT2D eigenvalue weighted by Crippen LogP contribution is 2.24. The van der Waals surface area contributed by atoms with Crippen LogP contribution in [-0.2, 0) is 9.59 Å². The number of carbonyl (C=O) groups is 2. The Morgan fingerprint density at radius 1 is 1.29 bits per heavy atom. The molecule has 0 saturated carbocycles. The molecule has 0 atom stereocenters. The van der Waals surface area contributed by atoms with Gasteiger partial charge in [-0.2, -0.15) is 5.26 Å². The van der Waals surface area contributed by atoms with E-state index in [9.17, 15) is 9.59 Å². The van der Waals surface area contributed by atoms with Gasteiger partial charge in [0, 0.05) is 38.2 Å². The van der Waals surface area contributed by atoms with Gasteiger partial charge in [-0.25, -0.2) is 4.98 Å². The van der Waals surface area contributed by atoms with E-state index >= 15 is 0 Å². The Morgan fingerprint density at radius 2 is 2.00 bits per heavy atom. The second-order valence-electron chi connectivity index (χ2n) is 6.26. The molecule has 1 aromatic heterocycles. The van der Waals surface area contributed by atoms with Crippen molar-refractivity contribution in [3.63, 3.8) is 0 Å². The number of carbonyl (C=O) groups excluding carboxylic acids is 2. The minimum atomic E-state index is -0.0762. The number of rotatable bonds is 3. The van der Waals surface area contributed by atoms with Gasteiger partial charge in [-0.05, 0) is 18.9 Å². The molecule has 7 heteroatoms. The molecule has 0 bridgehead atoms. The van der Waals surface area contributed by atoms with E-state index in [0.29, 0.717) is 37.6 Å². The van der Waals surface area contributed by atoms with Crippen LogP contribution in [0.3, 0.4) is 0 Å². The van der Waals surface area contributed by atoms with Gasteiger partial charge in [0.25, 0.3) is 0 Å². The van der Waals surface area contributed by atoms with Crippen molar-refractivity contribution in [2.45, 2.75) is 25.9 Å². The quantitative estimate of drug-likeness (QED) is 0.819. The van der Waals surface area contributed by atoms with Crippen LogP contribution in [0, 0.1) is 17.2 Å². The lowest BCUT2D eigenvalue weighted by atomic mass is 9.93. The van der Waals surface area contributed by atoms with Gasteiger partial charge >= 0.3 is 0 Å². The van der Waals surface area contributed by atoms with E-state index in [1.807, 2.05) is 6.07 Å². The van der Waals surface area contributed by atoms with Crippen molar-refractivity contribution in [3.8, 4) is 11.9 Å². The van der Waals surface area contributed by atoms with E-state index in [-0.39, 0.29) is 23.8 Å².